The minimum absolute atomic E-state index is 0.212. The normalized spacial score (nSPS) is 10.7. The number of rotatable bonds is 2. The fourth-order valence-electron chi connectivity index (χ4n) is 1.78. The second kappa shape index (κ2) is 5.26. The van der Waals surface area contributed by atoms with Crippen molar-refractivity contribution < 1.29 is 9.21 Å². The number of carbonyl (C=O) groups excluding carboxylic acids is 1. The lowest BCUT2D eigenvalue weighted by Gasteiger charge is -2.01. The van der Waals surface area contributed by atoms with E-state index in [0.29, 0.717) is 16.4 Å². The predicted octanol–water partition coefficient (Wildman–Crippen LogP) is 4.50. The third kappa shape index (κ3) is 2.69. The van der Waals surface area contributed by atoms with Gasteiger partial charge in [0.15, 0.2) is 5.76 Å². The van der Waals surface area contributed by atoms with Crippen LogP contribution in [0, 0.1) is 0 Å². The van der Waals surface area contributed by atoms with Gasteiger partial charge in [0.2, 0.25) is 0 Å². The molecule has 4 nitrogen and oxygen atoms in total. The fourth-order valence-corrected chi connectivity index (χ4v) is 2.29. The minimum Gasteiger partial charge on any atom is -0.451 e. The number of carbonyl (C=O) groups is 1. The average Bonchev–Trinajstić information content (AvgIpc) is 2.81. The van der Waals surface area contributed by atoms with Crippen LogP contribution in [0.15, 0.2) is 51.5 Å². The molecule has 0 aliphatic carbocycles. The molecule has 6 heteroatoms. The number of anilines is 1. The molecular weight excluding hydrogens is 344 g/mol. The van der Waals surface area contributed by atoms with Gasteiger partial charge in [0.25, 0.3) is 5.91 Å². The topological polar surface area (TPSA) is 55.1 Å². The second-order valence-electron chi connectivity index (χ2n) is 4.11. The molecule has 0 aliphatic rings. The molecule has 0 saturated heterocycles. The molecule has 0 aliphatic heterocycles. The number of hydrogen-bond acceptors (Lipinski definition) is 3. The summed E-state index contributed by atoms with van der Waals surface area (Å²) in [6.45, 7) is 0. The molecule has 0 saturated carbocycles. The highest BCUT2D eigenvalue weighted by molar-refractivity contribution is 9.10. The zero-order chi connectivity index (χ0) is 14.1. The smallest absolute Gasteiger partial charge is 0.292 e. The van der Waals surface area contributed by atoms with Crippen LogP contribution >= 0.6 is 27.5 Å². The van der Waals surface area contributed by atoms with E-state index in [-0.39, 0.29) is 11.7 Å². The number of hydrogen-bond donors (Lipinski definition) is 1. The van der Waals surface area contributed by atoms with Gasteiger partial charge in [0.05, 0.1) is 0 Å². The number of aromatic nitrogens is 1. The van der Waals surface area contributed by atoms with E-state index in [9.17, 15) is 4.79 Å². The molecule has 1 aromatic carbocycles. The lowest BCUT2D eigenvalue weighted by molar-refractivity contribution is 0.0998. The van der Waals surface area contributed by atoms with Gasteiger partial charge < -0.3 is 9.73 Å². The molecule has 0 fully saturated rings. The molecule has 0 bridgehead atoms. The van der Waals surface area contributed by atoms with Crippen molar-refractivity contribution in [3.05, 3.63) is 57.9 Å². The summed E-state index contributed by atoms with van der Waals surface area (Å²) in [7, 11) is 0. The van der Waals surface area contributed by atoms with Gasteiger partial charge in [-0.2, -0.15) is 0 Å². The van der Waals surface area contributed by atoms with E-state index in [0.717, 1.165) is 9.86 Å². The SMILES string of the molecule is O=C(Nc1cc(Br)ccn1)c1cc2cc(Cl)ccc2o1. The van der Waals surface area contributed by atoms with Crippen molar-refractivity contribution in [2.75, 3.05) is 5.32 Å². The number of halogens is 2. The Morgan fingerprint density at radius 3 is 2.90 bits per heavy atom. The quantitative estimate of drug-likeness (QED) is 0.740. The molecule has 0 unspecified atom stereocenters. The third-order valence-corrected chi connectivity index (χ3v) is 3.39. The van der Waals surface area contributed by atoms with Gasteiger partial charge in [0, 0.05) is 21.1 Å². The van der Waals surface area contributed by atoms with E-state index in [2.05, 4.69) is 26.2 Å². The summed E-state index contributed by atoms with van der Waals surface area (Å²) in [5.41, 5.74) is 0.613. The fraction of sp³-hybridized carbons (Fsp3) is 0. The summed E-state index contributed by atoms with van der Waals surface area (Å²) in [6, 6.07) is 10.3. The van der Waals surface area contributed by atoms with Gasteiger partial charge in [-0.05, 0) is 36.4 Å². The molecule has 0 radical (unpaired) electrons. The number of benzene rings is 1. The Morgan fingerprint density at radius 2 is 2.10 bits per heavy atom. The van der Waals surface area contributed by atoms with E-state index in [1.807, 2.05) is 0 Å². The standard InChI is InChI=1S/C14H8BrClN2O2/c15-9-3-4-17-13(7-9)18-14(19)12-6-8-5-10(16)1-2-11(8)20-12/h1-7H,(H,17,18,19). The summed E-state index contributed by atoms with van der Waals surface area (Å²) in [4.78, 5) is 16.1. The summed E-state index contributed by atoms with van der Waals surface area (Å²) in [6.07, 6.45) is 1.60. The zero-order valence-electron chi connectivity index (χ0n) is 10.1. The third-order valence-electron chi connectivity index (χ3n) is 2.67. The molecule has 100 valence electrons. The summed E-state index contributed by atoms with van der Waals surface area (Å²) in [5, 5.41) is 4.05. The molecule has 2 aromatic heterocycles. The van der Waals surface area contributed by atoms with E-state index in [1.165, 1.54) is 0 Å². The van der Waals surface area contributed by atoms with E-state index < -0.39 is 0 Å². The van der Waals surface area contributed by atoms with Crippen LogP contribution in [0.5, 0.6) is 0 Å². The lowest BCUT2D eigenvalue weighted by Crippen LogP contribution is -2.11. The van der Waals surface area contributed by atoms with Crippen LogP contribution in [-0.2, 0) is 0 Å². The summed E-state index contributed by atoms with van der Waals surface area (Å²) >= 11 is 9.21. The van der Waals surface area contributed by atoms with Crippen molar-refractivity contribution in [1.82, 2.24) is 4.98 Å². The predicted molar refractivity (Wildman–Crippen MR) is 81.1 cm³/mol. The molecule has 2 heterocycles. The molecule has 0 atom stereocenters. The first-order chi connectivity index (χ1) is 9.61. The number of nitrogens with one attached hydrogen (secondary N) is 1. The van der Waals surface area contributed by atoms with Crippen LogP contribution in [0.2, 0.25) is 5.02 Å². The maximum absolute atomic E-state index is 12.1. The number of fused-ring (bicyclic) bond motifs is 1. The lowest BCUT2D eigenvalue weighted by atomic mass is 10.2. The van der Waals surface area contributed by atoms with Crippen LogP contribution in [0.25, 0.3) is 11.0 Å². The monoisotopic (exact) mass is 350 g/mol. The maximum Gasteiger partial charge on any atom is 0.292 e. The summed E-state index contributed by atoms with van der Waals surface area (Å²) in [5.74, 6) is 0.301. The van der Waals surface area contributed by atoms with Crippen molar-refractivity contribution >= 4 is 50.2 Å². The molecule has 3 rings (SSSR count). The maximum atomic E-state index is 12.1. The number of pyridine rings is 1. The Kier molecular flexibility index (Phi) is 3.46. The second-order valence-corrected chi connectivity index (χ2v) is 5.46. The van der Waals surface area contributed by atoms with Crippen LogP contribution in [-0.4, -0.2) is 10.9 Å². The van der Waals surface area contributed by atoms with Crippen molar-refractivity contribution in [2.45, 2.75) is 0 Å². The first-order valence-electron chi connectivity index (χ1n) is 5.74. The minimum atomic E-state index is -0.358. The first kappa shape index (κ1) is 13.1. The highest BCUT2D eigenvalue weighted by atomic mass is 79.9. The van der Waals surface area contributed by atoms with Crippen LogP contribution in [0.1, 0.15) is 10.6 Å². The van der Waals surface area contributed by atoms with Crippen molar-refractivity contribution in [2.24, 2.45) is 0 Å². The van der Waals surface area contributed by atoms with Gasteiger partial charge in [-0.3, -0.25) is 4.79 Å². The number of amides is 1. The van der Waals surface area contributed by atoms with Crippen LogP contribution in [0.3, 0.4) is 0 Å². The van der Waals surface area contributed by atoms with Gasteiger partial charge in [-0.25, -0.2) is 4.98 Å². The van der Waals surface area contributed by atoms with Crippen LogP contribution in [0.4, 0.5) is 5.82 Å². The molecular formula is C14H8BrClN2O2. The highest BCUT2D eigenvalue weighted by Crippen LogP contribution is 2.23. The van der Waals surface area contributed by atoms with Gasteiger partial charge in [0.1, 0.15) is 11.4 Å². The van der Waals surface area contributed by atoms with E-state index in [1.54, 1.807) is 42.6 Å². The highest BCUT2D eigenvalue weighted by Gasteiger charge is 2.13. The average molecular weight is 352 g/mol. The number of furan rings is 1. The van der Waals surface area contributed by atoms with E-state index >= 15 is 0 Å². The Bertz CT molecular complexity index is 801. The van der Waals surface area contributed by atoms with Crippen molar-refractivity contribution in [3.63, 3.8) is 0 Å². The molecule has 20 heavy (non-hydrogen) atoms. The zero-order valence-corrected chi connectivity index (χ0v) is 12.4. The van der Waals surface area contributed by atoms with E-state index in [4.69, 9.17) is 16.0 Å². The Labute approximate surface area is 127 Å². The Morgan fingerprint density at radius 1 is 1.25 bits per heavy atom. The first-order valence-corrected chi connectivity index (χ1v) is 6.91. The molecule has 0 spiro atoms. The van der Waals surface area contributed by atoms with Gasteiger partial charge in [-0.1, -0.05) is 27.5 Å². The van der Waals surface area contributed by atoms with Crippen molar-refractivity contribution in [1.29, 1.82) is 0 Å². The summed E-state index contributed by atoms with van der Waals surface area (Å²) < 4.78 is 6.31. The van der Waals surface area contributed by atoms with Gasteiger partial charge in [-0.15, -0.1) is 0 Å². The molecule has 1 N–H and O–H groups in total. The largest absolute Gasteiger partial charge is 0.451 e. The van der Waals surface area contributed by atoms with Crippen molar-refractivity contribution in [3.8, 4) is 0 Å². The van der Waals surface area contributed by atoms with Crippen LogP contribution < -0.4 is 5.32 Å². The van der Waals surface area contributed by atoms with Gasteiger partial charge >= 0.3 is 0 Å². The Hall–Kier alpha value is -1.85. The molecule has 1 amide bonds. The number of nitrogens with zero attached hydrogens (tertiary/aromatic N) is 1. The Balaban J connectivity index is 1.88. The molecule has 3 aromatic rings.